The molecule has 0 atom stereocenters. The first-order chi connectivity index (χ1) is 12.1. The molecule has 0 aromatic heterocycles. The van der Waals surface area contributed by atoms with E-state index in [9.17, 15) is 10.1 Å². The summed E-state index contributed by atoms with van der Waals surface area (Å²) >= 11 is 0. The molecule has 26 heavy (non-hydrogen) atoms. The lowest BCUT2D eigenvalue weighted by Crippen LogP contribution is -2.37. The van der Waals surface area contributed by atoms with Crippen LogP contribution in [0.4, 0.5) is 5.69 Å². The molecule has 8 heteroatoms. The Morgan fingerprint density at radius 3 is 2.46 bits per heavy atom. The van der Waals surface area contributed by atoms with E-state index in [2.05, 4.69) is 15.6 Å². The third kappa shape index (κ3) is 6.51. The van der Waals surface area contributed by atoms with Gasteiger partial charge in [-0.15, -0.1) is 24.0 Å². The molecule has 0 heterocycles. The minimum absolute atomic E-state index is 0. The molecule has 140 valence electrons. The van der Waals surface area contributed by atoms with Gasteiger partial charge in [0.1, 0.15) is 5.75 Å². The third-order valence-corrected chi connectivity index (χ3v) is 3.72. The van der Waals surface area contributed by atoms with Gasteiger partial charge in [0.15, 0.2) is 5.96 Å². The fourth-order valence-corrected chi connectivity index (χ4v) is 2.36. The summed E-state index contributed by atoms with van der Waals surface area (Å²) in [6.45, 7) is 1.03. The summed E-state index contributed by atoms with van der Waals surface area (Å²) < 4.78 is 5.14. The molecular weight excluding hydrogens is 447 g/mol. The van der Waals surface area contributed by atoms with Crippen molar-refractivity contribution in [2.24, 2.45) is 4.99 Å². The van der Waals surface area contributed by atoms with Crippen LogP contribution >= 0.6 is 24.0 Å². The zero-order valence-electron chi connectivity index (χ0n) is 14.8. The Bertz CT molecular complexity index is 735. The summed E-state index contributed by atoms with van der Waals surface area (Å²) in [6, 6.07) is 14.6. The smallest absolute Gasteiger partial charge is 0.274 e. The highest BCUT2D eigenvalue weighted by Gasteiger charge is 2.12. The summed E-state index contributed by atoms with van der Waals surface area (Å²) in [5, 5.41) is 17.3. The average molecular weight is 470 g/mol. The Morgan fingerprint density at radius 2 is 1.85 bits per heavy atom. The summed E-state index contributed by atoms with van der Waals surface area (Å²) in [4.78, 5) is 14.8. The van der Waals surface area contributed by atoms with E-state index < -0.39 is 0 Å². The Morgan fingerprint density at radius 1 is 1.15 bits per heavy atom. The molecule has 0 aliphatic carbocycles. The van der Waals surface area contributed by atoms with Crippen molar-refractivity contribution >= 4 is 35.6 Å². The fourth-order valence-electron chi connectivity index (χ4n) is 2.36. The first-order valence-corrected chi connectivity index (χ1v) is 7.93. The number of methoxy groups -OCH3 is 1. The van der Waals surface area contributed by atoms with Gasteiger partial charge in [-0.25, -0.2) is 0 Å². The topological polar surface area (TPSA) is 88.8 Å². The lowest BCUT2D eigenvalue weighted by atomic mass is 10.1. The van der Waals surface area contributed by atoms with Crippen molar-refractivity contribution in [2.45, 2.75) is 13.0 Å². The number of nitro groups is 1. The number of aliphatic imine (C=N–C) groups is 1. The molecule has 0 saturated heterocycles. The first kappa shape index (κ1) is 21.7. The van der Waals surface area contributed by atoms with Gasteiger partial charge in [0.2, 0.25) is 0 Å². The monoisotopic (exact) mass is 470 g/mol. The van der Waals surface area contributed by atoms with E-state index in [1.54, 1.807) is 32.4 Å². The normalized spacial score (nSPS) is 10.6. The van der Waals surface area contributed by atoms with E-state index in [1.165, 1.54) is 11.6 Å². The van der Waals surface area contributed by atoms with Crippen molar-refractivity contribution in [1.29, 1.82) is 0 Å². The van der Waals surface area contributed by atoms with Crippen LogP contribution in [0.15, 0.2) is 53.5 Å². The van der Waals surface area contributed by atoms with Crippen LogP contribution in [-0.4, -0.2) is 31.6 Å². The molecule has 0 radical (unpaired) electrons. The summed E-state index contributed by atoms with van der Waals surface area (Å²) in [7, 11) is 3.31. The maximum Gasteiger partial charge on any atom is 0.274 e. The number of hydrogen-bond acceptors (Lipinski definition) is 4. The van der Waals surface area contributed by atoms with Gasteiger partial charge in [-0.05, 0) is 24.1 Å². The highest BCUT2D eigenvalue weighted by Crippen LogP contribution is 2.17. The Kier molecular flexibility index (Phi) is 9.42. The van der Waals surface area contributed by atoms with Crippen LogP contribution in [-0.2, 0) is 13.0 Å². The van der Waals surface area contributed by atoms with Gasteiger partial charge in [-0.3, -0.25) is 15.1 Å². The highest BCUT2D eigenvalue weighted by atomic mass is 127. The quantitative estimate of drug-likeness (QED) is 0.214. The average Bonchev–Trinajstić information content (AvgIpc) is 2.65. The van der Waals surface area contributed by atoms with Gasteiger partial charge in [0.05, 0.1) is 12.0 Å². The molecule has 2 rings (SSSR count). The number of nitrogens with one attached hydrogen (secondary N) is 2. The van der Waals surface area contributed by atoms with Crippen LogP contribution in [0, 0.1) is 10.1 Å². The third-order valence-electron chi connectivity index (χ3n) is 3.72. The molecule has 0 bridgehead atoms. The minimum atomic E-state index is -0.378. The van der Waals surface area contributed by atoms with Crippen LogP contribution in [0.2, 0.25) is 0 Å². The molecule has 2 N–H and O–H groups in total. The fraction of sp³-hybridized carbons (Fsp3) is 0.278. The number of hydrogen-bond donors (Lipinski definition) is 2. The largest absolute Gasteiger partial charge is 0.497 e. The van der Waals surface area contributed by atoms with Crippen molar-refractivity contribution in [3.63, 3.8) is 0 Å². The van der Waals surface area contributed by atoms with E-state index in [4.69, 9.17) is 4.74 Å². The molecule has 7 nitrogen and oxygen atoms in total. The summed E-state index contributed by atoms with van der Waals surface area (Å²) in [5.74, 6) is 1.44. The van der Waals surface area contributed by atoms with Crippen LogP contribution in [0.3, 0.4) is 0 Å². The van der Waals surface area contributed by atoms with E-state index in [0.717, 1.165) is 12.2 Å². The number of halogens is 1. The molecule has 0 saturated carbocycles. The molecule has 0 aliphatic rings. The highest BCUT2D eigenvalue weighted by molar-refractivity contribution is 14.0. The van der Waals surface area contributed by atoms with E-state index in [0.29, 0.717) is 24.6 Å². The maximum atomic E-state index is 11.0. The van der Waals surface area contributed by atoms with Gasteiger partial charge in [0.25, 0.3) is 5.69 Å². The van der Waals surface area contributed by atoms with Crippen LogP contribution in [0.1, 0.15) is 11.1 Å². The van der Waals surface area contributed by atoms with Crippen molar-refractivity contribution < 1.29 is 9.66 Å². The number of guanidine groups is 1. The number of ether oxygens (including phenoxy) is 1. The number of benzene rings is 2. The zero-order valence-corrected chi connectivity index (χ0v) is 17.1. The lowest BCUT2D eigenvalue weighted by Gasteiger charge is -2.12. The second kappa shape index (κ2) is 11.3. The van der Waals surface area contributed by atoms with Crippen molar-refractivity contribution in [3.05, 3.63) is 69.8 Å². The van der Waals surface area contributed by atoms with Gasteiger partial charge in [-0.2, -0.15) is 0 Å². The lowest BCUT2D eigenvalue weighted by molar-refractivity contribution is -0.385. The summed E-state index contributed by atoms with van der Waals surface area (Å²) in [6.07, 6.45) is 0.830. The molecule has 0 fully saturated rings. The SMILES string of the molecule is CN=C(NCCc1ccc(OC)cc1)NCc1ccccc1[N+](=O)[O-].I. The van der Waals surface area contributed by atoms with Gasteiger partial charge >= 0.3 is 0 Å². The van der Waals surface area contributed by atoms with Crippen LogP contribution < -0.4 is 15.4 Å². The van der Waals surface area contributed by atoms with E-state index in [1.807, 2.05) is 24.3 Å². The van der Waals surface area contributed by atoms with Gasteiger partial charge in [0, 0.05) is 31.8 Å². The molecule has 0 unspecified atom stereocenters. The Balaban J connectivity index is 0.00000338. The maximum absolute atomic E-state index is 11.0. The van der Waals surface area contributed by atoms with Gasteiger partial charge in [-0.1, -0.05) is 30.3 Å². The van der Waals surface area contributed by atoms with Crippen molar-refractivity contribution in [2.75, 3.05) is 20.7 Å². The molecule has 0 amide bonds. The van der Waals surface area contributed by atoms with Crippen LogP contribution in [0.25, 0.3) is 0 Å². The number of para-hydroxylation sites is 1. The van der Waals surface area contributed by atoms with Crippen molar-refractivity contribution in [3.8, 4) is 5.75 Å². The second-order valence-corrected chi connectivity index (χ2v) is 5.34. The molecule has 0 spiro atoms. The van der Waals surface area contributed by atoms with E-state index >= 15 is 0 Å². The minimum Gasteiger partial charge on any atom is -0.497 e. The molecule has 2 aromatic rings. The van der Waals surface area contributed by atoms with Gasteiger partial charge < -0.3 is 15.4 Å². The summed E-state index contributed by atoms with van der Waals surface area (Å²) in [5.41, 5.74) is 1.90. The number of nitro benzene ring substituents is 1. The predicted octanol–water partition coefficient (Wildman–Crippen LogP) is 3.13. The first-order valence-electron chi connectivity index (χ1n) is 7.93. The number of rotatable bonds is 7. The second-order valence-electron chi connectivity index (χ2n) is 5.34. The molecule has 2 aromatic carbocycles. The zero-order chi connectivity index (χ0) is 18.1. The van der Waals surface area contributed by atoms with Crippen LogP contribution in [0.5, 0.6) is 5.75 Å². The Hall–Kier alpha value is -2.36. The molecular formula is C18H23IN4O3. The van der Waals surface area contributed by atoms with E-state index in [-0.39, 0.29) is 34.6 Å². The van der Waals surface area contributed by atoms with Crippen molar-refractivity contribution in [1.82, 2.24) is 10.6 Å². The predicted molar refractivity (Wildman–Crippen MR) is 113 cm³/mol. The standard InChI is InChI=1S/C18H22N4O3.HI/c1-19-18(20-12-11-14-7-9-16(25-2)10-8-14)21-13-15-5-3-4-6-17(15)22(23)24;/h3-10H,11-13H2,1-2H3,(H2,19,20,21);1H. The Labute approximate surface area is 170 Å². The molecule has 0 aliphatic heterocycles. The number of nitrogens with zero attached hydrogens (tertiary/aromatic N) is 2.